The number of rotatable bonds is 5. The zero-order chi connectivity index (χ0) is 19.7. The predicted octanol–water partition coefficient (Wildman–Crippen LogP) is 2.53. The van der Waals surface area contributed by atoms with Crippen molar-refractivity contribution in [2.75, 3.05) is 11.6 Å². The van der Waals surface area contributed by atoms with Crippen LogP contribution in [0.3, 0.4) is 0 Å². The van der Waals surface area contributed by atoms with Gasteiger partial charge >= 0.3 is 0 Å². The summed E-state index contributed by atoms with van der Waals surface area (Å²) in [5, 5.41) is 3.90. The molecule has 1 N–H and O–H groups in total. The summed E-state index contributed by atoms with van der Waals surface area (Å²) in [7, 11) is -3.31. The highest BCUT2D eigenvalue weighted by Gasteiger charge is 2.11. The van der Waals surface area contributed by atoms with Crippen molar-refractivity contribution in [3.8, 4) is 5.82 Å². The van der Waals surface area contributed by atoms with Crippen LogP contribution in [0.15, 0.2) is 60.1 Å². The monoisotopic (exact) mass is 394 g/mol. The van der Waals surface area contributed by atoms with Gasteiger partial charge in [0.05, 0.1) is 10.4 Å². The van der Waals surface area contributed by atoms with Crippen molar-refractivity contribution in [3.05, 3.63) is 66.6 Å². The van der Waals surface area contributed by atoms with E-state index >= 15 is 0 Å². The number of aromatic nitrogens is 5. The number of aryl methyl sites for hydroxylation is 1. The molecule has 0 atom stereocenters. The summed E-state index contributed by atoms with van der Waals surface area (Å²) in [4.78, 5) is 17.4. The highest BCUT2D eigenvalue weighted by Crippen LogP contribution is 2.23. The van der Waals surface area contributed by atoms with E-state index in [-0.39, 0.29) is 4.90 Å². The number of sulfone groups is 1. The first-order chi connectivity index (χ1) is 13.4. The molecule has 0 amide bonds. The average molecular weight is 394 g/mol. The normalized spacial score (nSPS) is 11.6. The van der Waals surface area contributed by atoms with Crippen LogP contribution in [0.2, 0.25) is 0 Å². The lowest BCUT2D eigenvalue weighted by atomic mass is 10.2. The Hall–Kier alpha value is -3.33. The van der Waals surface area contributed by atoms with Gasteiger partial charge in [-0.1, -0.05) is 6.07 Å². The Morgan fingerprint density at radius 3 is 2.61 bits per heavy atom. The van der Waals surface area contributed by atoms with Gasteiger partial charge in [-0.05, 0) is 36.8 Å². The van der Waals surface area contributed by atoms with E-state index < -0.39 is 9.84 Å². The summed E-state index contributed by atoms with van der Waals surface area (Å²) >= 11 is 0. The molecule has 9 heteroatoms. The Balaban J connectivity index is 1.58. The summed E-state index contributed by atoms with van der Waals surface area (Å²) in [6, 6.07) is 8.72. The fraction of sp³-hybridized carbons (Fsp3) is 0.158. The Labute approximate surface area is 162 Å². The molecule has 0 aliphatic carbocycles. The molecule has 8 nitrogen and oxygen atoms in total. The summed E-state index contributed by atoms with van der Waals surface area (Å²) in [6.07, 6.45) is 8.01. The fourth-order valence-electron chi connectivity index (χ4n) is 2.88. The van der Waals surface area contributed by atoms with Gasteiger partial charge in [0.25, 0.3) is 0 Å². The lowest BCUT2D eigenvalue weighted by Gasteiger charge is -2.10. The smallest absolute Gasteiger partial charge is 0.175 e. The van der Waals surface area contributed by atoms with E-state index in [1.165, 1.54) is 12.6 Å². The second-order valence-electron chi connectivity index (χ2n) is 6.40. The average Bonchev–Trinajstić information content (AvgIpc) is 3.11. The number of hydrogen-bond donors (Lipinski definition) is 1. The topological polar surface area (TPSA) is 103 Å². The van der Waals surface area contributed by atoms with Crippen molar-refractivity contribution in [1.82, 2.24) is 24.5 Å². The fourth-order valence-corrected chi connectivity index (χ4v) is 3.52. The van der Waals surface area contributed by atoms with Crippen LogP contribution in [0.25, 0.3) is 16.7 Å². The predicted molar refractivity (Wildman–Crippen MR) is 106 cm³/mol. The summed E-state index contributed by atoms with van der Waals surface area (Å²) in [5.41, 5.74) is 1.64. The highest BCUT2D eigenvalue weighted by molar-refractivity contribution is 7.90. The first kappa shape index (κ1) is 18.1. The number of pyridine rings is 1. The molecule has 0 saturated carbocycles. The zero-order valence-electron chi connectivity index (χ0n) is 15.4. The maximum Gasteiger partial charge on any atom is 0.175 e. The molecule has 1 aromatic carbocycles. The van der Waals surface area contributed by atoms with Gasteiger partial charge < -0.3 is 5.32 Å². The molecule has 0 aliphatic rings. The van der Waals surface area contributed by atoms with E-state index in [9.17, 15) is 8.42 Å². The van der Waals surface area contributed by atoms with Crippen LogP contribution >= 0.6 is 0 Å². The molecule has 142 valence electrons. The maximum atomic E-state index is 11.8. The molecule has 4 aromatic rings. The summed E-state index contributed by atoms with van der Waals surface area (Å²) in [5.74, 6) is 2.24. The number of fused-ring (bicyclic) bond motifs is 1. The van der Waals surface area contributed by atoms with Gasteiger partial charge in [0.2, 0.25) is 0 Å². The van der Waals surface area contributed by atoms with E-state index in [1.54, 1.807) is 30.6 Å². The number of hydrogen-bond acceptors (Lipinski definition) is 7. The van der Waals surface area contributed by atoms with Crippen molar-refractivity contribution < 1.29 is 8.42 Å². The number of anilines is 1. The van der Waals surface area contributed by atoms with Gasteiger partial charge in [0, 0.05) is 36.8 Å². The van der Waals surface area contributed by atoms with Crippen LogP contribution in [0.5, 0.6) is 0 Å². The van der Waals surface area contributed by atoms with Crippen molar-refractivity contribution in [2.24, 2.45) is 0 Å². The molecule has 0 aliphatic heterocycles. The molecule has 0 unspecified atom stereocenters. The van der Waals surface area contributed by atoms with Crippen molar-refractivity contribution >= 4 is 26.6 Å². The molecule has 3 heterocycles. The lowest BCUT2D eigenvalue weighted by Crippen LogP contribution is -2.05. The Morgan fingerprint density at radius 2 is 1.93 bits per heavy atom. The van der Waals surface area contributed by atoms with Crippen LogP contribution < -0.4 is 5.32 Å². The van der Waals surface area contributed by atoms with E-state index in [1.807, 2.05) is 29.8 Å². The zero-order valence-corrected chi connectivity index (χ0v) is 16.2. The van der Waals surface area contributed by atoms with Crippen LogP contribution in [0, 0.1) is 6.92 Å². The standard InChI is InChI=1S/C19H18N6O2S/c1-13-20-7-8-25(13)18-6-3-14(10-21-18)11-22-19-16-9-15(28(2,26)27)4-5-17(16)23-12-24-19/h3-10,12H,11H2,1-2H3,(H,22,23,24). The van der Waals surface area contributed by atoms with Crippen LogP contribution in [0.4, 0.5) is 5.82 Å². The number of nitrogens with one attached hydrogen (secondary N) is 1. The Morgan fingerprint density at radius 1 is 1.07 bits per heavy atom. The first-order valence-electron chi connectivity index (χ1n) is 8.56. The van der Waals surface area contributed by atoms with Gasteiger partial charge in [-0.2, -0.15) is 0 Å². The molecule has 3 aromatic heterocycles. The Kier molecular flexibility index (Phi) is 4.52. The molecule has 0 saturated heterocycles. The first-order valence-corrected chi connectivity index (χ1v) is 10.4. The maximum absolute atomic E-state index is 11.8. The molecular formula is C19H18N6O2S. The van der Waals surface area contributed by atoms with Gasteiger partial charge in [0.15, 0.2) is 9.84 Å². The van der Waals surface area contributed by atoms with E-state index in [4.69, 9.17) is 0 Å². The van der Waals surface area contributed by atoms with Gasteiger partial charge in [-0.25, -0.2) is 28.4 Å². The SMILES string of the molecule is Cc1nccn1-c1ccc(CNc2ncnc3ccc(S(C)(=O)=O)cc23)cn1. The molecule has 0 spiro atoms. The van der Waals surface area contributed by atoms with Crippen LogP contribution in [0.1, 0.15) is 11.4 Å². The molecule has 0 fully saturated rings. The van der Waals surface area contributed by atoms with Gasteiger partial charge in [-0.15, -0.1) is 0 Å². The second kappa shape index (κ2) is 7.01. The molecule has 28 heavy (non-hydrogen) atoms. The quantitative estimate of drug-likeness (QED) is 0.555. The largest absolute Gasteiger partial charge is 0.365 e. The minimum absolute atomic E-state index is 0.236. The van der Waals surface area contributed by atoms with Crippen molar-refractivity contribution in [2.45, 2.75) is 18.4 Å². The third kappa shape index (κ3) is 3.56. The lowest BCUT2D eigenvalue weighted by molar-refractivity contribution is 0.602. The molecular weight excluding hydrogens is 376 g/mol. The minimum atomic E-state index is -3.31. The highest BCUT2D eigenvalue weighted by atomic mass is 32.2. The van der Waals surface area contributed by atoms with Gasteiger partial charge in [0.1, 0.15) is 23.8 Å². The summed E-state index contributed by atoms with van der Waals surface area (Å²) in [6.45, 7) is 2.41. The molecule has 0 radical (unpaired) electrons. The van der Waals surface area contributed by atoms with Crippen LogP contribution in [-0.4, -0.2) is 39.2 Å². The van der Waals surface area contributed by atoms with Gasteiger partial charge in [-0.3, -0.25) is 4.57 Å². The third-order valence-corrected chi connectivity index (χ3v) is 5.49. The Bertz CT molecular complexity index is 1250. The van der Waals surface area contributed by atoms with E-state index in [2.05, 4.69) is 25.3 Å². The van der Waals surface area contributed by atoms with E-state index in [0.29, 0.717) is 23.3 Å². The molecule has 0 bridgehead atoms. The molecule has 4 rings (SSSR count). The van der Waals surface area contributed by atoms with Crippen molar-refractivity contribution in [1.29, 1.82) is 0 Å². The van der Waals surface area contributed by atoms with Crippen LogP contribution in [-0.2, 0) is 16.4 Å². The summed E-state index contributed by atoms with van der Waals surface area (Å²) < 4.78 is 25.6. The number of benzene rings is 1. The second-order valence-corrected chi connectivity index (χ2v) is 8.41. The minimum Gasteiger partial charge on any atom is -0.365 e. The van der Waals surface area contributed by atoms with Crippen molar-refractivity contribution in [3.63, 3.8) is 0 Å². The number of imidazole rings is 1. The third-order valence-electron chi connectivity index (χ3n) is 4.38. The number of nitrogens with zero attached hydrogens (tertiary/aromatic N) is 5. The van der Waals surface area contributed by atoms with E-state index in [0.717, 1.165) is 17.2 Å².